The SMILES string of the molecule is CC(C)N1CCCC(=O)Nc2cccnc21. The van der Waals surface area contributed by atoms with Crippen LogP contribution in [0.3, 0.4) is 0 Å². The molecule has 0 aromatic carbocycles. The van der Waals surface area contributed by atoms with Crippen molar-refractivity contribution in [2.75, 3.05) is 16.8 Å². The molecule has 0 atom stereocenters. The van der Waals surface area contributed by atoms with Gasteiger partial charge in [0.25, 0.3) is 0 Å². The van der Waals surface area contributed by atoms with Crippen LogP contribution >= 0.6 is 0 Å². The van der Waals surface area contributed by atoms with Gasteiger partial charge in [0.2, 0.25) is 5.91 Å². The van der Waals surface area contributed by atoms with Crippen LogP contribution in [0, 0.1) is 0 Å². The zero-order valence-corrected chi connectivity index (χ0v) is 9.73. The first-order chi connectivity index (χ1) is 7.68. The maximum atomic E-state index is 11.5. The van der Waals surface area contributed by atoms with Crippen LogP contribution in [0.2, 0.25) is 0 Å². The van der Waals surface area contributed by atoms with Crippen molar-refractivity contribution in [3.8, 4) is 0 Å². The fourth-order valence-corrected chi connectivity index (χ4v) is 1.95. The minimum absolute atomic E-state index is 0.0812. The highest BCUT2D eigenvalue weighted by Crippen LogP contribution is 2.26. The highest BCUT2D eigenvalue weighted by Gasteiger charge is 2.19. The number of rotatable bonds is 1. The summed E-state index contributed by atoms with van der Waals surface area (Å²) in [5.74, 6) is 0.961. The van der Waals surface area contributed by atoms with Gasteiger partial charge in [0.15, 0.2) is 5.82 Å². The lowest BCUT2D eigenvalue weighted by Crippen LogP contribution is -2.35. The molecule has 0 unspecified atom stereocenters. The molecule has 0 radical (unpaired) electrons. The van der Waals surface area contributed by atoms with E-state index in [-0.39, 0.29) is 5.91 Å². The van der Waals surface area contributed by atoms with Gasteiger partial charge in [0, 0.05) is 25.2 Å². The predicted molar refractivity (Wildman–Crippen MR) is 64.6 cm³/mol. The van der Waals surface area contributed by atoms with Gasteiger partial charge in [-0.25, -0.2) is 4.98 Å². The van der Waals surface area contributed by atoms with Gasteiger partial charge in [0.05, 0.1) is 5.69 Å². The Morgan fingerprint density at radius 1 is 1.50 bits per heavy atom. The fraction of sp³-hybridized carbons (Fsp3) is 0.500. The largest absolute Gasteiger partial charge is 0.352 e. The van der Waals surface area contributed by atoms with Crippen molar-refractivity contribution in [2.45, 2.75) is 32.7 Å². The van der Waals surface area contributed by atoms with E-state index in [4.69, 9.17) is 0 Å². The molecule has 2 rings (SSSR count). The zero-order chi connectivity index (χ0) is 11.5. The monoisotopic (exact) mass is 219 g/mol. The molecule has 0 fully saturated rings. The average Bonchev–Trinajstić information content (AvgIpc) is 2.22. The van der Waals surface area contributed by atoms with E-state index in [1.807, 2.05) is 12.1 Å². The molecular formula is C12H17N3O. The normalized spacial score (nSPS) is 16.4. The van der Waals surface area contributed by atoms with Crippen molar-refractivity contribution in [1.29, 1.82) is 0 Å². The number of hydrogen-bond donors (Lipinski definition) is 1. The molecule has 4 heteroatoms. The number of nitrogens with one attached hydrogen (secondary N) is 1. The van der Waals surface area contributed by atoms with E-state index < -0.39 is 0 Å². The van der Waals surface area contributed by atoms with Crippen LogP contribution in [-0.4, -0.2) is 23.5 Å². The molecule has 1 N–H and O–H groups in total. The number of fused-ring (bicyclic) bond motifs is 1. The van der Waals surface area contributed by atoms with E-state index in [1.165, 1.54) is 0 Å². The van der Waals surface area contributed by atoms with Crippen LogP contribution in [0.5, 0.6) is 0 Å². The van der Waals surface area contributed by atoms with Crippen molar-refractivity contribution in [2.24, 2.45) is 0 Å². The van der Waals surface area contributed by atoms with Crippen molar-refractivity contribution in [3.05, 3.63) is 18.3 Å². The minimum atomic E-state index is 0.0812. The van der Waals surface area contributed by atoms with Gasteiger partial charge in [-0.3, -0.25) is 4.79 Å². The summed E-state index contributed by atoms with van der Waals surface area (Å²) in [6, 6.07) is 4.14. The molecule has 1 amide bonds. The number of aromatic nitrogens is 1. The van der Waals surface area contributed by atoms with E-state index in [0.717, 1.165) is 24.5 Å². The summed E-state index contributed by atoms with van der Waals surface area (Å²) < 4.78 is 0. The molecular weight excluding hydrogens is 202 g/mol. The summed E-state index contributed by atoms with van der Waals surface area (Å²) in [7, 11) is 0. The van der Waals surface area contributed by atoms with Crippen molar-refractivity contribution >= 4 is 17.4 Å². The van der Waals surface area contributed by atoms with Gasteiger partial charge in [-0.05, 0) is 32.4 Å². The molecule has 1 aliphatic rings. The van der Waals surface area contributed by atoms with Crippen LogP contribution in [-0.2, 0) is 4.79 Å². The molecule has 2 heterocycles. The number of nitrogens with zero attached hydrogens (tertiary/aromatic N) is 2. The maximum absolute atomic E-state index is 11.5. The van der Waals surface area contributed by atoms with Gasteiger partial charge in [-0.15, -0.1) is 0 Å². The summed E-state index contributed by atoms with van der Waals surface area (Å²) in [4.78, 5) is 18.1. The van der Waals surface area contributed by atoms with Crippen molar-refractivity contribution < 1.29 is 4.79 Å². The van der Waals surface area contributed by atoms with Gasteiger partial charge in [0.1, 0.15) is 0 Å². The molecule has 16 heavy (non-hydrogen) atoms. The Balaban J connectivity index is 2.39. The van der Waals surface area contributed by atoms with Gasteiger partial charge in [-0.2, -0.15) is 0 Å². The summed E-state index contributed by atoms with van der Waals surface area (Å²) in [5.41, 5.74) is 0.820. The van der Waals surface area contributed by atoms with Crippen LogP contribution in [0.25, 0.3) is 0 Å². The number of carbonyl (C=O) groups is 1. The standard InChI is InChI=1S/C12H17N3O/c1-9(2)15-8-4-6-11(16)14-10-5-3-7-13-12(10)15/h3,5,7,9H,4,6,8H2,1-2H3,(H,14,16). The number of carbonyl (C=O) groups excluding carboxylic acids is 1. The highest BCUT2D eigenvalue weighted by atomic mass is 16.1. The van der Waals surface area contributed by atoms with Gasteiger partial charge < -0.3 is 10.2 Å². The maximum Gasteiger partial charge on any atom is 0.224 e. The molecule has 0 saturated carbocycles. The Bertz CT molecular complexity index is 390. The summed E-state index contributed by atoms with van der Waals surface area (Å²) in [5, 5.41) is 2.90. The summed E-state index contributed by atoms with van der Waals surface area (Å²) in [6.07, 6.45) is 3.22. The topological polar surface area (TPSA) is 45.2 Å². The minimum Gasteiger partial charge on any atom is -0.352 e. The van der Waals surface area contributed by atoms with E-state index in [0.29, 0.717) is 12.5 Å². The lowest BCUT2D eigenvalue weighted by atomic mass is 10.2. The quantitative estimate of drug-likeness (QED) is 0.786. The molecule has 1 aliphatic heterocycles. The molecule has 0 bridgehead atoms. The first kappa shape index (κ1) is 10.9. The van der Waals surface area contributed by atoms with E-state index in [1.54, 1.807) is 6.20 Å². The Kier molecular flexibility index (Phi) is 3.08. The first-order valence-electron chi connectivity index (χ1n) is 5.70. The molecule has 0 aliphatic carbocycles. The second kappa shape index (κ2) is 4.51. The van der Waals surface area contributed by atoms with Crippen LogP contribution < -0.4 is 10.2 Å². The molecule has 1 aromatic rings. The predicted octanol–water partition coefficient (Wildman–Crippen LogP) is 2.03. The first-order valence-corrected chi connectivity index (χ1v) is 5.70. The summed E-state index contributed by atoms with van der Waals surface area (Å²) >= 11 is 0. The molecule has 4 nitrogen and oxygen atoms in total. The lowest BCUT2D eigenvalue weighted by molar-refractivity contribution is -0.116. The van der Waals surface area contributed by atoms with Crippen LogP contribution in [0.4, 0.5) is 11.5 Å². The fourth-order valence-electron chi connectivity index (χ4n) is 1.95. The van der Waals surface area contributed by atoms with E-state index in [2.05, 4.69) is 29.0 Å². The molecule has 0 saturated heterocycles. The van der Waals surface area contributed by atoms with Gasteiger partial charge >= 0.3 is 0 Å². The highest BCUT2D eigenvalue weighted by molar-refractivity contribution is 5.94. The lowest BCUT2D eigenvalue weighted by Gasteiger charge is -2.31. The molecule has 1 aromatic heterocycles. The number of anilines is 2. The number of amides is 1. The third kappa shape index (κ3) is 2.15. The third-order valence-electron chi connectivity index (χ3n) is 2.76. The Morgan fingerprint density at radius 2 is 2.31 bits per heavy atom. The smallest absolute Gasteiger partial charge is 0.224 e. The Hall–Kier alpha value is -1.58. The van der Waals surface area contributed by atoms with Crippen molar-refractivity contribution in [3.63, 3.8) is 0 Å². The second-order valence-electron chi connectivity index (χ2n) is 4.31. The second-order valence-corrected chi connectivity index (χ2v) is 4.31. The Morgan fingerprint density at radius 3 is 3.06 bits per heavy atom. The van der Waals surface area contributed by atoms with Crippen molar-refractivity contribution in [1.82, 2.24) is 4.98 Å². The zero-order valence-electron chi connectivity index (χ0n) is 9.73. The number of pyridine rings is 1. The Labute approximate surface area is 95.7 Å². The average molecular weight is 219 g/mol. The molecule has 86 valence electrons. The van der Waals surface area contributed by atoms with Crippen LogP contribution in [0.1, 0.15) is 26.7 Å². The van der Waals surface area contributed by atoms with E-state index >= 15 is 0 Å². The van der Waals surface area contributed by atoms with E-state index in [9.17, 15) is 4.79 Å². The van der Waals surface area contributed by atoms with Gasteiger partial charge in [-0.1, -0.05) is 0 Å². The third-order valence-corrected chi connectivity index (χ3v) is 2.76. The van der Waals surface area contributed by atoms with Crippen LogP contribution in [0.15, 0.2) is 18.3 Å². The number of hydrogen-bond acceptors (Lipinski definition) is 3. The summed E-state index contributed by atoms with van der Waals surface area (Å²) in [6.45, 7) is 5.17. The molecule has 0 spiro atoms.